The van der Waals surface area contributed by atoms with Gasteiger partial charge in [0, 0.05) is 10.2 Å². The molecule has 17 heavy (non-hydrogen) atoms. The van der Waals surface area contributed by atoms with Crippen molar-refractivity contribution in [3.8, 4) is 0 Å². The zero-order valence-electron chi connectivity index (χ0n) is 8.87. The van der Waals surface area contributed by atoms with Crippen LogP contribution in [0.4, 0.5) is 5.69 Å². The third-order valence-corrected chi connectivity index (χ3v) is 3.27. The second-order valence-electron chi connectivity index (χ2n) is 4.07. The van der Waals surface area contributed by atoms with E-state index in [0.29, 0.717) is 24.1 Å². The van der Waals surface area contributed by atoms with Crippen LogP contribution in [0.3, 0.4) is 0 Å². The summed E-state index contributed by atoms with van der Waals surface area (Å²) in [6.07, 6.45) is 1.10. The van der Waals surface area contributed by atoms with E-state index in [-0.39, 0.29) is 0 Å². The minimum atomic E-state index is -0.939. The van der Waals surface area contributed by atoms with Crippen molar-refractivity contribution in [1.82, 2.24) is 0 Å². The Hall–Kier alpha value is -1.56. The number of carbonyl (C=O) groups is 2. The summed E-state index contributed by atoms with van der Waals surface area (Å²) in [6.45, 7) is 0. The highest BCUT2D eigenvalue weighted by atomic mass is 79.9. The minimum absolute atomic E-state index is 0.292. The zero-order valence-corrected chi connectivity index (χ0v) is 10.5. The minimum Gasteiger partial charge on any atom is -0.480 e. The van der Waals surface area contributed by atoms with Gasteiger partial charge in [0.15, 0.2) is 0 Å². The first-order chi connectivity index (χ1) is 7.94. The number of amides is 1. The van der Waals surface area contributed by atoms with Crippen LogP contribution in [0.2, 0.25) is 0 Å². The highest BCUT2D eigenvalue weighted by Gasteiger charge is 2.50. The molecule has 1 aromatic rings. The van der Waals surface area contributed by atoms with Crippen LogP contribution in [0.15, 0.2) is 22.7 Å². The molecule has 0 atom stereocenters. The number of primary amides is 1. The molecule has 1 amide bonds. The molecule has 1 aromatic carbocycles. The predicted octanol–water partition coefficient (Wildman–Crippen LogP) is 1.58. The van der Waals surface area contributed by atoms with Crippen molar-refractivity contribution in [2.45, 2.75) is 18.4 Å². The molecule has 1 fully saturated rings. The second kappa shape index (κ2) is 4.03. The van der Waals surface area contributed by atoms with E-state index in [9.17, 15) is 9.59 Å². The molecule has 0 saturated heterocycles. The number of anilines is 1. The average molecular weight is 299 g/mol. The summed E-state index contributed by atoms with van der Waals surface area (Å²) in [7, 11) is 0. The molecule has 2 rings (SSSR count). The van der Waals surface area contributed by atoms with Crippen LogP contribution < -0.4 is 11.1 Å². The van der Waals surface area contributed by atoms with Crippen molar-refractivity contribution < 1.29 is 14.7 Å². The summed E-state index contributed by atoms with van der Waals surface area (Å²) < 4.78 is 0.756. The van der Waals surface area contributed by atoms with Crippen LogP contribution in [0.5, 0.6) is 0 Å². The Kier molecular flexibility index (Phi) is 2.82. The molecule has 0 unspecified atom stereocenters. The lowest BCUT2D eigenvalue weighted by atomic mass is 10.1. The lowest BCUT2D eigenvalue weighted by molar-refractivity contribution is -0.138. The first kappa shape index (κ1) is 11.9. The molecule has 6 heteroatoms. The van der Waals surface area contributed by atoms with Gasteiger partial charge in [-0.3, -0.25) is 4.79 Å². The molecule has 0 spiro atoms. The Balaban J connectivity index is 2.35. The molecule has 0 aliphatic heterocycles. The van der Waals surface area contributed by atoms with E-state index in [1.807, 2.05) is 0 Å². The number of hydrogen-bond acceptors (Lipinski definition) is 3. The van der Waals surface area contributed by atoms with Gasteiger partial charge in [-0.2, -0.15) is 0 Å². The van der Waals surface area contributed by atoms with E-state index < -0.39 is 17.4 Å². The van der Waals surface area contributed by atoms with Crippen LogP contribution in [-0.2, 0) is 4.79 Å². The number of nitrogens with two attached hydrogens (primary N) is 1. The Morgan fingerprint density at radius 3 is 2.53 bits per heavy atom. The van der Waals surface area contributed by atoms with Crippen molar-refractivity contribution in [2.75, 3.05) is 5.32 Å². The summed E-state index contributed by atoms with van der Waals surface area (Å²) in [6, 6.07) is 4.90. The lowest BCUT2D eigenvalue weighted by Gasteiger charge is -2.16. The van der Waals surface area contributed by atoms with Gasteiger partial charge in [0.2, 0.25) is 0 Å². The summed E-state index contributed by atoms with van der Waals surface area (Å²) in [5.74, 6) is -1.49. The number of benzene rings is 1. The maximum atomic E-state index is 11.2. The molecule has 0 bridgehead atoms. The fourth-order valence-corrected chi connectivity index (χ4v) is 1.97. The predicted molar refractivity (Wildman–Crippen MR) is 65.9 cm³/mol. The van der Waals surface area contributed by atoms with Gasteiger partial charge < -0.3 is 16.2 Å². The van der Waals surface area contributed by atoms with Gasteiger partial charge in [0.05, 0.1) is 5.56 Å². The van der Waals surface area contributed by atoms with E-state index >= 15 is 0 Å². The number of rotatable bonds is 4. The van der Waals surface area contributed by atoms with Gasteiger partial charge in [-0.25, -0.2) is 4.79 Å². The first-order valence-corrected chi connectivity index (χ1v) is 5.85. The highest BCUT2D eigenvalue weighted by molar-refractivity contribution is 9.10. The van der Waals surface area contributed by atoms with E-state index in [1.54, 1.807) is 18.2 Å². The third-order valence-electron chi connectivity index (χ3n) is 2.78. The monoisotopic (exact) mass is 298 g/mol. The summed E-state index contributed by atoms with van der Waals surface area (Å²) in [5.41, 5.74) is 5.04. The van der Waals surface area contributed by atoms with Crippen LogP contribution in [-0.4, -0.2) is 22.5 Å². The Bertz CT molecular complexity index is 497. The number of nitrogens with one attached hydrogen (secondary N) is 1. The number of halogens is 1. The second-order valence-corrected chi connectivity index (χ2v) is 4.98. The van der Waals surface area contributed by atoms with Gasteiger partial charge in [-0.15, -0.1) is 0 Å². The van der Waals surface area contributed by atoms with Crippen LogP contribution in [0.1, 0.15) is 23.2 Å². The molecule has 0 aromatic heterocycles. The topological polar surface area (TPSA) is 92.4 Å². The Morgan fingerprint density at radius 1 is 1.41 bits per heavy atom. The van der Waals surface area contributed by atoms with Crippen molar-refractivity contribution in [2.24, 2.45) is 5.73 Å². The smallest absolute Gasteiger partial charge is 0.329 e. The maximum Gasteiger partial charge on any atom is 0.329 e. The van der Waals surface area contributed by atoms with Gasteiger partial charge in [-0.1, -0.05) is 15.9 Å². The molecule has 0 heterocycles. The van der Waals surface area contributed by atoms with Gasteiger partial charge >= 0.3 is 5.97 Å². The van der Waals surface area contributed by atoms with Crippen molar-refractivity contribution in [1.29, 1.82) is 0 Å². The largest absolute Gasteiger partial charge is 0.480 e. The quantitative estimate of drug-likeness (QED) is 0.787. The molecule has 1 aliphatic carbocycles. The van der Waals surface area contributed by atoms with Crippen molar-refractivity contribution in [3.05, 3.63) is 28.2 Å². The fraction of sp³-hybridized carbons (Fsp3) is 0.273. The summed E-state index contributed by atoms with van der Waals surface area (Å²) in [4.78, 5) is 22.3. The number of carboxylic acids is 1. The third kappa shape index (κ3) is 2.26. The SMILES string of the molecule is NC(=O)c1ccc(Br)cc1NC1(C(=O)O)CC1. The maximum absolute atomic E-state index is 11.2. The lowest BCUT2D eigenvalue weighted by Crippen LogP contribution is -2.32. The average Bonchev–Trinajstić information content (AvgIpc) is 2.98. The van der Waals surface area contributed by atoms with Crippen LogP contribution in [0, 0.1) is 0 Å². The van der Waals surface area contributed by atoms with Crippen molar-refractivity contribution in [3.63, 3.8) is 0 Å². The van der Waals surface area contributed by atoms with Crippen LogP contribution >= 0.6 is 15.9 Å². The van der Waals surface area contributed by atoms with Gasteiger partial charge in [-0.05, 0) is 31.0 Å². The fourth-order valence-electron chi connectivity index (χ4n) is 1.61. The Labute approximate surface area is 106 Å². The van der Waals surface area contributed by atoms with E-state index in [1.165, 1.54) is 0 Å². The number of carboxylic acid groups (broad SMARTS) is 1. The van der Waals surface area contributed by atoms with E-state index in [4.69, 9.17) is 10.8 Å². The molecular weight excluding hydrogens is 288 g/mol. The number of aliphatic carboxylic acids is 1. The van der Waals surface area contributed by atoms with Crippen LogP contribution in [0.25, 0.3) is 0 Å². The Morgan fingerprint density at radius 2 is 2.06 bits per heavy atom. The first-order valence-electron chi connectivity index (χ1n) is 5.05. The standard InChI is InChI=1S/C11H11BrN2O3/c12-6-1-2-7(9(13)15)8(5-6)14-11(3-4-11)10(16)17/h1-2,5,14H,3-4H2,(H2,13,15)(H,16,17). The van der Waals surface area contributed by atoms with Gasteiger partial charge in [0.1, 0.15) is 5.54 Å². The van der Waals surface area contributed by atoms with E-state index in [2.05, 4.69) is 21.2 Å². The summed E-state index contributed by atoms with van der Waals surface area (Å²) in [5, 5.41) is 12.0. The number of carbonyl (C=O) groups excluding carboxylic acids is 1. The molecule has 1 aliphatic rings. The molecule has 90 valence electrons. The van der Waals surface area contributed by atoms with E-state index in [0.717, 1.165) is 4.47 Å². The molecule has 0 radical (unpaired) electrons. The number of hydrogen-bond donors (Lipinski definition) is 3. The molecule has 4 N–H and O–H groups in total. The zero-order chi connectivity index (χ0) is 12.6. The normalized spacial score (nSPS) is 16.3. The van der Waals surface area contributed by atoms with Crippen molar-refractivity contribution >= 4 is 33.5 Å². The van der Waals surface area contributed by atoms with Gasteiger partial charge in [0.25, 0.3) is 5.91 Å². The summed E-state index contributed by atoms with van der Waals surface area (Å²) >= 11 is 3.27. The molecule has 1 saturated carbocycles. The molecular formula is C11H11BrN2O3. The highest BCUT2D eigenvalue weighted by Crippen LogP contribution is 2.40. The molecule has 5 nitrogen and oxygen atoms in total.